The number of nitrogens with one attached hydrogen (secondary N) is 1. The molecular formula is C6H9N3. The van der Waals surface area contributed by atoms with Crippen molar-refractivity contribution in [3.63, 3.8) is 0 Å². The van der Waals surface area contributed by atoms with Gasteiger partial charge in [-0.2, -0.15) is 0 Å². The molecule has 1 aromatic heterocycles. The highest BCUT2D eigenvalue weighted by molar-refractivity contribution is 5.36. The fourth-order valence-electron chi connectivity index (χ4n) is 0.595. The van der Waals surface area contributed by atoms with Crippen LogP contribution in [-0.2, 0) is 0 Å². The van der Waals surface area contributed by atoms with Crippen molar-refractivity contribution in [2.75, 3.05) is 11.9 Å². The molecule has 0 aromatic carbocycles. The summed E-state index contributed by atoms with van der Waals surface area (Å²) in [6, 6.07) is 0. The molecule has 0 fully saturated rings. The average Bonchev–Trinajstić information content (AvgIpc) is 1.91. The SMILES string of the molecule is CCNc1cncnc1. The third-order valence-electron chi connectivity index (χ3n) is 0.941. The monoisotopic (exact) mass is 123 g/mol. The zero-order valence-corrected chi connectivity index (χ0v) is 5.33. The fourth-order valence-corrected chi connectivity index (χ4v) is 0.595. The molecule has 0 saturated carbocycles. The molecule has 1 rings (SSSR count). The third kappa shape index (κ3) is 1.68. The standard InChI is InChI=1S/C6H9N3/c1-2-9-6-3-7-5-8-4-6/h3-5,9H,2H2,1H3. The maximum absolute atomic E-state index is 3.83. The first-order chi connectivity index (χ1) is 4.43. The minimum Gasteiger partial charge on any atom is -0.383 e. The van der Waals surface area contributed by atoms with E-state index in [1.165, 1.54) is 6.33 Å². The van der Waals surface area contributed by atoms with Crippen molar-refractivity contribution < 1.29 is 0 Å². The summed E-state index contributed by atoms with van der Waals surface area (Å²) in [4.78, 5) is 7.66. The van der Waals surface area contributed by atoms with Crippen LogP contribution < -0.4 is 5.32 Å². The molecular weight excluding hydrogens is 114 g/mol. The largest absolute Gasteiger partial charge is 0.383 e. The van der Waals surface area contributed by atoms with Crippen molar-refractivity contribution in [3.05, 3.63) is 18.7 Å². The van der Waals surface area contributed by atoms with Gasteiger partial charge in [-0.1, -0.05) is 0 Å². The molecule has 0 aliphatic carbocycles. The van der Waals surface area contributed by atoms with Crippen LogP contribution in [0.25, 0.3) is 0 Å². The van der Waals surface area contributed by atoms with Crippen molar-refractivity contribution in [1.82, 2.24) is 9.97 Å². The van der Waals surface area contributed by atoms with Crippen molar-refractivity contribution in [2.45, 2.75) is 6.92 Å². The summed E-state index contributed by atoms with van der Waals surface area (Å²) in [6.45, 7) is 2.94. The lowest BCUT2D eigenvalue weighted by Gasteiger charge is -1.97. The van der Waals surface area contributed by atoms with Crippen LogP contribution in [0.4, 0.5) is 5.69 Å². The molecule has 0 saturated heterocycles. The molecule has 48 valence electrons. The molecule has 0 amide bonds. The second-order valence-corrected chi connectivity index (χ2v) is 1.66. The van der Waals surface area contributed by atoms with Gasteiger partial charge in [0.15, 0.2) is 0 Å². The van der Waals surface area contributed by atoms with Gasteiger partial charge in [0, 0.05) is 6.54 Å². The molecule has 1 heterocycles. The molecule has 3 nitrogen and oxygen atoms in total. The molecule has 0 radical (unpaired) electrons. The number of nitrogens with zero attached hydrogens (tertiary/aromatic N) is 2. The number of anilines is 1. The van der Waals surface area contributed by atoms with Crippen LogP contribution in [0, 0.1) is 0 Å². The van der Waals surface area contributed by atoms with Gasteiger partial charge >= 0.3 is 0 Å². The van der Waals surface area contributed by atoms with E-state index in [9.17, 15) is 0 Å². The number of hydrogen-bond acceptors (Lipinski definition) is 3. The number of hydrogen-bond donors (Lipinski definition) is 1. The lowest BCUT2D eigenvalue weighted by atomic mass is 10.5. The van der Waals surface area contributed by atoms with Crippen LogP contribution in [0.5, 0.6) is 0 Å². The van der Waals surface area contributed by atoms with Crippen LogP contribution in [0.2, 0.25) is 0 Å². The maximum atomic E-state index is 3.83. The summed E-state index contributed by atoms with van der Waals surface area (Å²) in [7, 11) is 0. The Kier molecular flexibility index (Phi) is 2.01. The van der Waals surface area contributed by atoms with E-state index in [2.05, 4.69) is 15.3 Å². The highest BCUT2D eigenvalue weighted by Crippen LogP contribution is 1.97. The van der Waals surface area contributed by atoms with E-state index in [1.54, 1.807) is 12.4 Å². The van der Waals surface area contributed by atoms with Crippen LogP contribution in [0.15, 0.2) is 18.7 Å². The summed E-state index contributed by atoms with van der Waals surface area (Å²) in [5.74, 6) is 0. The zero-order valence-electron chi connectivity index (χ0n) is 5.33. The smallest absolute Gasteiger partial charge is 0.115 e. The predicted molar refractivity (Wildman–Crippen MR) is 36.2 cm³/mol. The molecule has 0 unspecified atom stereocenters. The topological polar surface area (TPSA) is 37.8 Å². The second kappa shape index (κ2) is 3.02. The van der Waals surface area contributed by atoms with Gasteiger partial charge in [0.2, 0.25) is 0 Å². The van der Waals surface area contributed by atoms with Crippen molar-refractivity contribution in [2.24, 2.45) is 0 Å². The van der Waals surface area contributed by atoms with Crippen LogP contribution in [-0.4, -0.2) is 16.5 Å². The molecule has 1 N–H and O–H groups in total. The molecule has 0 aliphatic rings. The van der Waals surface area contributed by atoms with Gasteiger partial charge in [0.25, 0.3) is 0 Å². The van der Waals surface area contributed by atoms with Gasteiger partial charge in [-0.3, -0.25) is 0 Å². The first-order valence-corrected chi connectivity index (χ1v) is 2.92. The Labute approximate surface area is 54.2 Å². The molecule has 0 aliphatic heterocycles. The van der Waals surface area contributed by atoms with E-state index in [1.807, 2.05) is 6.92 Å². The van der Waals surface area contributed by atoms with Crippen molar-refractivity contribution in [3.8, 4) is 0 Å². The van der Waals surface area contributed by atoms with Crippen LogP contribution >= 0.6 is 0 Å². The van der Waals surface area contributed by atoms with Gasteiger partial charge in [-0.15, -0.1) is 0 Å². The van der Waals surface area contributed by atoms with E-state index in [0.717, 1.165) is 12.2 Å². The zero-order chi connectivity index (χ0) is 6.53. The van der Waals surface area contributed by atoms with Crippen LogP contribution in [0.1, 0.15) is 6.92 Å². The molecule has 0 atom stereocenters. The highest BCUT2D eigenvalue weighted by atomic mass is 14.9. The Hall–Kier alpha value is -1.12. The van der Waals surface area contributed by atoms with Crippen LogP contribution in [0.3, 0.4) is 0 Å². The Morgan fingerprint density at radius 1 is 1.44 bits per heavy atom. The third-order valence-corrected chi connectivity index (χ3v) is 0.941. The lowest BCUT2D eigenvalue weighted by molar-refractivity contribution is 1.13. The Morgan fingerprint density at radius 3 is 2.67 bits per heavy atom. The summed E-state index contributed by atoms with van der Waals surface area (Å²) in [5, 5.41) is 3.08. The average molecular weight is 123 g/mol. The maximum Gasteiger partial charge on any atom is 0.115 e. The van der Waals surface area contributed by atoms with Crippen molar-refractivity contribution in [1.29, 1.82) is 0 Å². The fraction of sp³-hybridized carbons (Fsp3) is 0.333. The quantitative estimate of drug-likeness (QED) is 0.635. The first kappa shape index (κ1) is 6.01. The Morgan fingerprint density at radius 2 is 2.11 bits per heavy atom. The summed E-state index contributed by atoms with van der Waals surface area (Å²) in [5.41, 5.74) is 0.972. The normalized spacial score (nSPS) is 9.00. The van der Waals surface area contributed by atoms with Gasteiger partial charge in [-0.05, 0) is 6.92 Å². The molecule has 0 spiro atoms. The molecule has 0 bridgehead atoms. The van der Waals surface area contributed by atoms with Gasteiger partial charge < -0.3 is 5.32 Å². The van der Waals surface area contributed by atoms with Gasteiger partial charge in [0.1, 0.15) is 6.33 Å². The van der Waals surface area contributed by atoms with E-state index < -0.39 is 0 Å². The van der Waals surface area contributed by atoms with Gasteiger partial charge in [-0.25, -0.2) is 9.97 Å². The van der Waals surface area contributed by atoms with E-state index in [4.69, 9.17) is 0 Å². The lowest BCUT2D eigenvalue weighted by Crippen LogP contribution is -1.96. The molecule has 3 heteroatoms. The Balaban J connectivity index is 2.61. The number of aromatic nitrogens is 2. The highest BCUT2D eigenvalue weighted by Gasteiger charge is 1.83. The van der Waals surface area contributed by atoms with E-state index in [-0.39, 0.29) is 0 Å². The summed E-state index contributed by atoms with van der Waals surface area (Å²) >= 11 is 0. The molecule has 9 heavy (non-hydrogen) atoms. The number of rotatable bonds is 2. The van der Waals surface area contributed by atoms with Gasteiger partial charge in [0.05, 0.1) is 18.1 Å². The second-order valence-electron chi connectivity index (χ2n) is 1.66. The minimum absolute atomic E-state index is 0.910. The Bertz CT molecular complexity index is 161. The predicted octanol–water partition coefficient (Wildman–Crippen LogP) is 0.908. The van der Waals surface area contributed by atoms with E-state index >= 15 is 0 Å². The summed E-state index contributed by atoms with van der Waals surface area (Å²) < 4.78 is 0. The minimum atomic E-state index is 0.910. The van der Waals surface area contributed by atoms with Crippen molar-refractivity contribution >= 4 is 5.69 Å². The summed E-state index contributed by atoms with van der Waals surface area (Å²) in [6.07, 6.45) is 5.01. The van der Waals surface area contributed by atoms with E-state index in [0.29, 0.717) is 0 Å². The first-order valence-electron chi connectivity index (χ1n) is 2.92. The molecule has 1 aromatic rings.